The highest BCUT2D eigenvalue weighted by atomic mass is 79.9. The van der Waals surface area contributed by atoms with Gasteiger partial charge in [0.05, 0.1) is 0 Å². The molecule has 0 unspecified atom stereocenters. The summed E-state index contributed by atoms with van der Waals surface area (Å²) in [5, 5.41) is 0.770. The topological polar surface area (TPSA) is 33.2 Å². The Morgan fingerprint density at radius 1 is 1.57 bits per heavy atom. The Kier molecular flexibility index (Phi) is 4.54. The molecule has 0 atom stereocenters. The maximum atomic E-state index is 11.7. The van der Waals surface area contributed by atoms with Crippen molar-refractivity contribution in [3.8, 4) is 0 Å². The van der Waals surface area contributed by atoms with E-state index in [1.807, 2.05) is 6.07 Å². The number of carbonyl (C=O) groups is 1. The Labute approximate surface area is 99.8 Å². The molecule has 76 valence electrons. The summed E-state index contributed by atoms with van der Waals surface area (Å²) in [5.41, 5.74) is 0.469. The van der Waals surface area contributed by atoms with Crippen molar-refractivity contribution in [2.45, 2.75) is 0 Å². The van der Waals surface area contributed by atoms with E-state index in [1.165, 1.54) is 0 Å². The summed E-state index contributed by atoms with van der Waals surface area (Å²) >= 11 is 6.55. The van der Waals surface area contributed by atoms with Crippen molar-refractivity contribution in [3.63, 3.8) is 0 Å². The summed E-state index contributed by atoms with van der Waals surface area (Å²) in [4.78, 5) is 17.3. The molecule has 14 heavy (non-hydrogen) atoms. The van der Waals surface area contributed by atoms with Gasteiger partial charge in [-0.25, -0.2) is 4.98 Å². The summed E-state index contributed by atoms with van der Waals surface area (Å²) in [6.07, 6.45) is 1.62. The smallest absolute Gasteiger partial charge is 0.272 e. The van der Waals surface area contributed by atoms with E-state index in [0.29, 0.717) is 12.2 Å². The van der Waals surface area contributed by atoms with Gasteiger partial charge >= 0.3 is 0 Å². The van der Waals surface area contributed by atoms with Gasteiger partial charge in [-0.05, 0) is 28.1 Å². The van der Waals surface area contributed by atoms with Crippen LogP contribution in [0.5, 0.6) is 0 Å². The number of aromatic nitrogens is 1. The number of nitrogens with zero attached hydrogens (tertiary/aromatic N) is 2. The Morgan fingerprint density at radius 3 is 2.79 bits per heavy atom. The van der Waals surface area contributed by atoms with Crippen molar-refractivity contribution in [1.29, 1.82) is 0 Å². The molecule has 3 nitrogen and oxygen atoms in total. The maximum Gasteiger partial charge on any atom is 0.272 e. The molecule has 1 amide bonds. The van der Waals surface area contributed by atoms with Gasteiger partial charge in [-0.15, -0.1) is 0 Å². The minimum Gasteiger partial charge on any atom is -0.340 e. The summed E-state index contributed by atoms with van der Waals surface area (Å²) < 4.78 is 0.872. The first-order valence-corrected chi connectivity index (χ1v) is 5.99. The van der Waals surface area contributed by atoms with Crippen molar-refractivity contribution in [1.82, 2.24) is 9.88 Å². The standard InChI is InChI=1S/C9H10Br2N2O/c1-13(5-4-10)9(14)8-3-2-7(11)6-12-8/h2-3,6H,4-5H2,1H3. The van der Waals surface area contributed by atoms with Crippen molar-refractivity contribution < 1.29 is 4.79 Å². The van der Waals surface area contributed by atoms with Gasteiger partial charge in [-0.3, -0.25) is 4.79 Å². The van der Waals surface area contributed by atoms with Gasteiger partial charge in [0.15, 0.2) is 0 Å². The van der Waals surface area contributed by atoms with Gasteiger partial charge in [0.1, 0.15) is 5.69 Å². The highest BCUT2D eigenvalue weighted by molar-refractivity contribution is 9.10. The number of rotatable bonds is 3. The number of alkyl halides is 1. The molecule has 1 aromatic rings. The molecule has 0 fully saturated rings. The molecule has 0 aliphatic carbocycles. The average molecular weight is 322 g/mol. The van der Waals surface area contributed by atoms with Crippen LogP contribution in [0.3, 0.4) is 0 Å². The van der Waals surface area contributed by atoms with E-state index in [9.17, 15) is 4.79 Å². The molecule has 0 bridgehead atoms. The van der Waals surface area contributed by atoms with Crippen molar-refractivity contribution in [2.75, 3.05) is 18.9 Å². The second-order valence-corrected chi connectivity index (χ2v) is 4.49. The lowest BCUT2D eigenvalue weighted by Crippen LogP contribution is -2.29. The van der Waals surface area contributed by atoms with Gasteiger partial charge < -0.3 is 4.90 Å². The molecule has 0 aliphatic rings. The largest absolute Gasteiger partial charge is 0.340 e. The number of hydrogen-bond donors (Lipinski definition) is 0. The third kappa shape index (κ3) is 3.06. The molecule has 0 saturated heterocycles. The molecule has 0 aliphatic heterocycles. The SMILES string of the molecule is CN(CCBr)C(=O)c1ccc(Br)cn1. The van der Waals surface area contributed by atoms with Gasteiger partial charge in [0, 0.05) is 29.6 Å². The Hall–Kier alpha value is -0.420. The van der Waals surface area contributed by atoms with Crippen LogP contribution >= 0.6 is 31.9 Å². The molecule has 0 saturated carbocycles. The minimum atomic E-state index is -0.0584. The fourth-order valence-corrected chi connectivity index (χ4v) is 1.69. The van der Waals surface area contributed by atoms with Gasteiger partial charge in [-0.1, -0.05) is 15.9 Å². The minimum absolute atomic E-state index is 0.0584. The molecule has 0 N–H and O–H groups in total. The molecular formula is C9H10Br2N2O. The molecule has 0 radical (unpaired) electrons. The monoisotopic (exact) mass is 320 g/mol. The van der Waals surface area contributed by atoms with Crippen LogP contribution in [0.4, 0.5) is 0 Å². The molecule has 0 aromatic carbocycles. The van der Waals surface area contributed by atoms with E-state index in [1.54, 1.807) is 24.2 Å². The first kappa shape index (κ1) is 11.7. The first-order chi connectivity index (χ1) is 6.65. The predicted octanol–water partition coefficient (Wildman–Crippen LogP) is 2.31. The van der Waals surface area contributed by atoms with E-state index < -0.39 is 0 Å². The van der Waals surface area contributed by atoms with Gasteiger partial charge in [-0.2, -0.15) is 0 Å². The fraction of sp³-hybridized carbons (Fsp3) is 0.333. The predicted molar refractivity (Wildman–Crippen MR) is 62.7 cm³/mol. The van der Waals surface area contributed by atoms with Crippen LogP contribution in [-0.4, -0.2) is 34.7 Å². The zero-order valence-corrected chi connectivity index (χ0v) is 10.9. The van der Waals surface area contributed by atoms with E-state index in [4.69, 9.17) is 0 Å². The van der Waals surface area contributed by atoms with Crippen LogP contribution in [0.2, 0.25) is 0 Å². The first-order valence-electron chi connectivity index (χ1n) is 4.08. The molecule has 0 spiro atoms. The molecule has 1 aromatic heterocycles. The van der Waals surface area contributed by atoms with E-state index in [-0.39, 0.29) is 5.91 Å². The van der Waals surface area contributed by atoms with E-state index in [2.05, 4.69) is 36.8 Å². The lowest BCUT2D eigenvalue weighted by atomic mass is 10.3. The summed E-state index contributed by atoms with van der Waals surface area (Å²) in [6, 6.07) is 3.51. The van der Waals surface area contributed by atoms with Crippen LogP contribution < -0.4 is 0 Å². The molecular weight excluding hydrogens is 312 g/mol. The van der Waals surface area contributed by atoms with Crippen LogP contribution in [-0.2, 0) is 0 Å². The van der Waals surface area contributed by atoms with Crippen LogP contribution in [0.1, 0.15) is 10.5 Å². The Bertz CT molecular complexity index is 313. The second kappa shape index (κ2) is 5.46. The quantitative estimate of drug-likeness (QED) is 0.800. The zero-order valence-electron chi connectivity index (χ0n) is 7.70. The Morgan fingerprint density at radius 2 is 2.29 bits per heavy atom. The van der Waals surface area contributed by atoms with Crippen molar-refractivity contribution in [3.05, 3.63) is 28.5 Å². The fourth-order valence-electron chi connectivity index (χ4n) is 0.926. The summed E-state index contributed by atoms with van der Waals surface area (Å²) in [6.45, 7) is 0.677. The lowest BCUT2D eigenvalue weighted by Gasteiger charge is -2.14. The van der Waals surface area contributed by atoms with E-state index in [0.717, 1.165) is 9.80 Å². The third-order valence-electron chi connectivity index (χ3n) is 1.71. The summed E-state index contributed by atoms with van der Waals surface area (Å²) in [5.74, 6) is -0.0584. The van der Waals surface area contributed by atoms with Crippen LogP contribution in [0.15, 0.2) is 22.8 Å². The second-order valence-electron chi connectivity index (χ2n) is 2.78. The van der Waals surface area contributed by atoms with Crippen molar-refractivity contribution >= 4 is 37.8 Å². The van der Waals surface area contributed by atoms with Crippen molar-refractivity contribution in [2.24, 2.45) is 0 Å². The highest BCUT2D eigenvalue weighted by Crippen LogP contribution is 2.08. The van der Waals surface area contributed by atoms with E-state index >= 15 is 0 Å². The Balaban J connectivity index is 2.74. The number of halogens is 2. The summed E-state index contributed by atoms with van der Waals surface area (Å²) in [7, 11) is 1.76. The normalized spacial score (nSPS) is 9.93. The maximum absolute atomic E-state index is 11.7. The van der Waals surface area contributed by atoms with Gasteiger partial charge in [0.25, 0.3) is 5.91 Å². The number of carbonyl (C=O) groups excluding carboxylic acids is 1. The van der Waals surface area contributed by atoms with Crippen LogP contribution in [0.25, 0.3) is 0 Å². The molecule has 1 heterocycles. The molecule has 1 rings (SSSR count). The number of pyridine rings is 1. The number of amides is 1. The number of hydrogen-bond acceptors (Lipinski definition) is 2. The molecule has 5 heteroatoms. The lowest BCUT2D eigenvalue weighted by molar-refractivity contribution is 0.0798. The highest BCUT2D eigenvalue weighted by Gasteiger charge is 2.11. The average Bonchev–Trinajstić information content (AvgIpc) is 2.18. The zero-order chi connectivity index (χ0) is 10.6. The van der Waals surface area contributed by atoms with Gasteiger partial charge in [0.2, 0.25) is 0 Å². The third-order valence-corrected chi connectivity index (χ3v) is 2.54. The van der Waals surface area contributed by atoms with Crippen LogP contribution in [0, 0.1) is 0 Å².